The Bertz CT molecular complexity index is 1060. The average molecular weight is 398 g/mol. The van der Waals surface area contributed by atoms with Crippen molar-refractivity contribution in [2.45, 2.75) is 59.5 Å². The van der Waals surface area contributed by atoms with Gasteiger partial charge in [0.05, 0.1) is 22.8 Å². The Labute approximate surface area is 168 Å². The standard InChI is InChI=1S/C21H26N4O4/c1-6-7-17(21(27)28)24-20(26)15-9-18(14-8-12(4)29-13(14)5)23-19-16(15)10-22-25(19)11(2)3/h8-11,17H,6-7H2,1-5H3,(H,24,26)(H,27,28). The summed E-state index contributed by atoms with van der Waals surface area (Å²) in [6.45, 7) is 9.53. The molecule has 1 unspecified atom stereocenters. The van der Waals surface area contributed by atoms with Crippen LogP contribution in [-0.2, 0) is 4.79 Å². The number of aliphatic carboxylic acids is 1. The third kappa shape index (κ3) is 4.01. The molecule has 2 N–H and O–H groups in total. The summed E-state index contributed by atoms with van der Waals surface area (Å²) in [5.41, 5.74) is 2.29. The van der Waals surface area contributed by atoms with Gasteiger partial charge in [0.15, 0.2) is 5.65 Å². The van der Waals surface area contributed by atoms with Crippen molar-refractivity contribution in [2.24, 2.45) is 0 Å². The van der Waals surface area contributed by atoms with Crippen LogP contribution in [0.25, 0.3) is 22.3 Å². The van der Waals surface area contributed by atoms with Crippen molar-refractivity contribution in [3.63, 3.8) is 0 Å². The number of nitrogens with zero attached hydrogens (tertiary/aromatic N) is 3. The molecule has 8 heteroatoms. The number of amides is 1. The Morgan fingerprint density at radius 2 is 2.00 bits per heavy atom. The topological polar surface area (TPSA) is 110 Å². The first-order valence-corrected chi connectivity index (χ1v) is 9.72. The number of hydrogen-bond acceptors (Lipinski definition) is 5. The lowest BCUT2D eigenvalue weighted by Gasteiger charge is -2.15. The number of aryl methyl sites for hydroxylation is 2. The van der Waals surface area contributed by atoms with Crippen molar-refractivity contribution in [3.8, 4) is 11.3 Å². The highest BCUT2D eigenvalue weighted by Crippen LogP contribution is 2.30. The van der Waals surface area contributed by atoms with E-state index in [1.54, 1.807) is 16.9 Å². The quantitative estimate of drug-likeness (QED) is 0.625. The molecular weight excluding hydrogens is 372 g/mol. The molecule has 3 aromatic rings. The second-order valence-electron chi connectivity index (χ2n) is 7.46. The minimum Gasteiger partial charge on any atom is -0.480 e. The molecule has 0 spiro atoms. The average Bonchev–Trinajstić information content (AvgIpc) is 3.22. The molecule has 1 amide bonds. The number of furan rings is 1. The summed E-state index contributed by atoms with van der Waals surface area (Å²) in [5.74, 6) is -0.0621. The van der Waals surface area contributed by atoms with E-state index < -0.39 is 17.9 Å². The van der Waals surface area contributed by atoms with E-state index in [2.05, 4.69) is 10.4 Å². The molecule has 29 heavy (non-hydrogen) atoms. The van der Waals surface area contributed by atoms with E-state index in [4.69, 9.17) is 9.40 Å². The van der Waals surface area contributed by atoms with Gasteiger partial charge in [0.2, 0.25) is 0 Å². The lowest BCUT2D eigenvalue weighted by atomic mass is 10.1. The van der Waals surface area contributed by atoms with Crippen LogP contribution in [-0.4, -0.2) is 37.8 Å². The monoisotopic (exact) mass is 398 g/mol. The Hall–Kier alpha value is -3.16. The fraction of sp³-hybridized carbons (Fsp3) is 0.429. The molecule has 0 aliphatic heterocycles. The molecule has 0 aliphatic carbocycles. The summed E-state index contributed by atoms with van der Waals surface area (Å²) in [4.78, 5) is 29.3. The van der Waals surface area contributed by atoms with E-state index in [1.807, 2.05) is 40.7 Å². The van der Waals surface area contributed by atoms with Gasteiger partial charge in [-0.3, -0.25) is 4.79 Å². The van der Waals surface area contributed by atoms with Gasteiger partial charge in [0, 0.05) is 11.6 Å². The van der Waals surface area contributed by atoms with Crippen LogP contribution >= 0.6 is 0 Å². The van der Waals surface area contributed by atoms with Gasteiger partial charge in [0.25, 0.3) is 5.91 Å². The number of nitrogens with one attached hydrogen (secondary N) is 1. The number of carboxylic acids is 1. The van der Waals surface area contributed by atoms with Crippen LogP contribution in [0.15, 0.2) is 22.7 Å². The van der Waals surface area contributed by atoms with Gasteiger partial charge in [-0.1, -0.05) is 13.3 Å². The zero-order valence-corrected chi connectivity index (χ0v) is 17.3. The SMILES string of the molecule is CCCC(NC(=O)c1cc(-c2cc(C)oc2C)nc2c1cnn2C(C)C)C(=O)O. The highest BCUT2D eigenvalue weighted by atomic mass is 16.4. The summed E-state index contributed by atoms with van der Waals surface area (Å²) >= 11 is 0. The number of hydrogen-bond donors (Lipinski definition) is 2. The van der Waals surface area contributed by atoms with Crippen LogP contribution < -0.4 is 5.32 Å². The number of fused-ring (bicyclic) bond motifs is 1. The second-order valence-corrected chi connectivity index (χ2v) is 7.46. The predicted octanol–water partition coefficient (Wildman–Crippen LogP) is 3.87. The zero-order valence-electron chi connectivity index (χ0n) is 17.3. The molecule has 154 valence electrons. The van der Waals surface area contributed by atoms with Gasteiger partial charge in [-0.15, -0.1) is 0 Å². The largest absolute Gasteiger partial charge is 0.480 e. The molecule has 0 radical (unpaired) electrons. The Morgan fingerprint density at radius 3 is 2.55 bits per heavy atom. The first-order valence-electron chi connectivity index (χ1n) is 9.72. The molecule has 0 bridgehead atoms. The van der Waals surface area contributed by atoms with Crippen molar-refractivity contribution in [1.82, 2.24) is 20.1 Å². The molecule has 1 atom stereocenters. The summed E-state index contributed by atoms with van der Waals surface area (Å²) in [5, 5.41) is 17.0. The van der Waals surface area contributed by atoms with Gasteiger partial charge in [-0.2, -0.15) is 5.10 Å². The van der Waals surface area contributed by atoms with Gasteiger partial charge in [0.1, 0.15) is 17.6 Å². The van der Waals surface area contributed by atoms with E-state index in [0.29, 0.717) is 40.9 Å². The molecular formula is C21H26N4O4. The zero-order chi connectivity index (χ0) is 21.3. The highest BCUT2D eigenvalue weighted by molar-refractivity contribution is 6.07. The van der Waals surface area contributed by atoms with Crippen molar-refractivity contribution in [3.05, 3.63) is 35.4 Å². The molecule has 3 aromatic heterocycles. The van der Waals surface area contributed by atoms with Crippen LogP contribution in [0.3, 0.4) is 0 Å². The maximum absolute atomic E-state index is 13.0. The summed E-state index contributed by atoms with van der Waals surface area (Å²) in [6, 6.07) is 2.65. The first-order chi connectivity index (χ1) is 13.7. The van der Waals surface area contributed by atoms with E-state index in [9.17, 15) is 14.7 Å². The maximum Gasteiger partial charge on any atom is 0.326 e. The van der Waals surface area contributed by atoms with E-state index in [-0.39, 0.29) is 6.04 Å². The minimum atomic E-state index is -1.05. The molecule has 3 heterocycles. The van der Waals surface area contributed by atoms with Crippen molar-refractivity contribution in [2.75, 3.05) is 0 Å². The van der Waals surface area contributed by atoms with Crippen LogP contribution in [0.2, 0.25) is 0 Å². The lowest BCUT2D eigenvalue weighted by molar-refractivity contribution is -0.139. The smallest absolute Gasteiger partial charge is 0.326 e. The van der Waals surface area contributed by atoms with Crippen LogP contribution in [0.4, 0.5) is 0 Å². The maximum atomic E-state index is 13.0. The summed E-state index contributed by atoms with van der Waals surface area (Å²) < 4.78 is 7.38. The Balaban J connectivity index is 2.16. The molecule has 3 rings (SSSR count). The third-order valence-electron chi connectivity index (χ3n) is 4.80. The summed E-state index contributed by atoms with van der Waals surface area (Å²) in [6.07, 6.45) is 2.60. The second kappa shape index (κ2) is 8.06. The van der Waals surface area contributed by atoms with Gasteiger partial charge < -0.3 is 14.8 Å². The highest BCUT2D eigenvalue weighted by Gasteiger charge is 2.24. The fourth-order valence-corrected chi connectivity index (χ4v) is 3.39. The van der Waals surface area contributed by atoms with Crippen LogP contribution in [0.1, 0.15) is 61.5 Å². The van der Waals surface area contributed by atoms with E-state index >= 15 is 0 Å². The molecule has 0 saturated heterocycles. The normalized spacial score (nSPS) is 12.5. The van der Waals surface area contributed by atoms with Gasteiger partial charge in [-0.25, -0.2) is 14.5 Å². The number of pyridine rings is 1. The van der Waals surface area contributed by atoms with Crippen molar-refractivity contribution < 1.29 is 19.1 Å². The molecule has 0 saturated carbocycles. The lowest BCUT2D eigenvalue weighted by Crippen LogP contribution is -2.40. The third-order valence-corrected chi connectivity index (χ3v) is 4.80. The Morgan fingerprint density at radius 1 is 1.28 bits per heavy atom. The number of aromatic nitrogens is 3. The number of carbonyl (C=O) groups excluding carboxylic acids is 1. The first kappa shape index (κ1) is 20.6. The number of rotatable bonds is 7. The molecule has 0 aromatic carbocycles. The molecule has 8 nitrogen and oxygen atoms in total. The fourth-order valence-electron chi connectivity index (χ4n) is 3.39. The van der Waals surface area contributed by atoms with Crippen LogP contribution in [0, 0.1) is 13.8 Å². The van der Waals surface area contributed by atoms with Crippen molar-refractivity contribution in [1.29, 1.82) is 0 Å². The van der Waals surface area contributed by atoms with Gasteiger partial charge >= 0.3 is 5.97 Å². The Kier molecular flexibility index (Phi) is 5.72. The predicted molar refractivity (Wildman–Crippen MR) is 109 cm³/mol. The molecule has 0 aliphatic rings. The van der Waals surface area contributed by atoms with E-state index in [1.165, 1.54) is 0 Å². The number of carbonyl (C=O) groups is 2. The van der Waals surface area contributed by atoms with Crippen molar-refractivity contribution >= 4 is 22.9 Å². The summed E-state index contributed by atoms with van der Waals surface area (Å²) in [7, 11) is 0. The van der Waals surface area contributed by atoms with E-state index in [0.717, 1.165) is 11.3 Å². The van der Waals surface area contributed by atoms with Gasteiger partial charge in [-0.05, 0) is 46.2 Å². The minimum absolute atomic E-state index is 0.0465. The number of carboxylic acid groups (broad SMARTS) is 1. The molecule has 0 fully saturated rings. The van der Waals surface area contributed by atoms with Crippen LogP contribution in [0.5, 0.6) is 0 Å².